The summed E-state index contributed by atoms with van der Waals surface area (Å²) in [4.78, 5) is 10.4. The van der Waals surface area contributed by atoms with Crippen molar-refractivity contribution in [3.05, 3.63) is 36.5 Å². The highest BCUT2D eigenvalue weighted by Gasteiger charge is 1.97. The zero-order valence-corrected chi connectivity index (χ0v) is 19.3. The van der Waals surface area contributed by atoms with Crippen LogP contribution in [0, 0.1) is 0 Å². The van der Waals surface area contributed by atoms with Crippen molar-refractivity contribution in [3.63, 3.8) is 0 Å². The molecule has 0 spiro atoms. The quantitative estimate of drug-likeness (QED) is 0.144. The lowest BCUT2D eigenvalue weighted by Crippen LogP contribution is -1.93. The van der Waals surface area contributed by atoms with Gasteiger partial charge in [0.2, 0.25) is 0 Å². The van der Waals surface area contributed by atoms with Crippen LogP contribution >= 0.6 is 0 Å². The Morgan fingerprint density at radius 2 is 0.931 bits per heavy atom. The van der Waals surface area contributed by atoms with E-state index in [-0.39, 0.29) is 0 Å². The number of carbonyl (C=O) groups is 1. The van der Waals surface area contributed by atoms with Gasteiger partial charge in [-0.05, 0) is 38.5 Å². The number of carboxylic acid groups (broad SMARTS) is 1. The van der Waals surface area contributed by atoms with Gasteiger partial charge >= 0.3 is 5.97 Å². The van der Waals surface area contributed by atoms with E-state index in [1.807, 2.05) is 0 Å². The molecule has 29 heavy (non-hydrogen) atoms. The van der Waals surface area contributed by atoms with E-state index in [9.17, 15) is 4.79 Å². The molecule has 0 saturated heterocycles. The number of rotatable bonds is 22. The van der Waals surface area contributed by atoms with Crippen LogP contribution in [0.25, 0.3) is 0 Å². The Kier molecular flexibility index (Phi) is 23.6. The van der Waals surface area contributed by atoms with E-state index in [0.717, 1.165) is 32.1 Å². The molecule has 2 heteroatoms. The summed E-state index contributed by atoms with van der Waals surface area (Å²) in [6, 6.07) is 0. The average Bonchev–Trinajstić information content (AvgIpc) is 2.71. The molecule has 168 valence electrons. The number of allylic oxidation sites excluding steroid dienone is 6. The summed E-state index contributed by atoms with van der Waals surface area (Å²) in [6.45, 7) is 2.17. The molecule has 0 atom stereocenters. The Morgan fingerprint density at radius 3 is 1.38 bits per heavy atom. The van der Waals surface area contributed by atoms with Crippen LogP contribution in [0.2, 0.25) is 0 Å². The van der Waals surface area contributed by atoms with Crippen molar-refractivity contribution in [2.75, 3.05) is 0 Å². The molecule has 0 unspecified atom stereocenters. The highest BCUT2D eigenvalue weighted by atomic mass is 16.4. The molecular formula is C27H48O2. The predicted molar refractivity (Wildman–Crippen MR) is 128 cm³/mol. The third-order valence-corrected chi connectivity index (χ3v) is 5.29. The van der Waals surface area contributed by atoms with E-state index < -0.39 is 5.97 Å². The minimum Gasteiger partial charge on any atom is -0.481 e. The van der Waals surface area contributed by atoms with Gasteiger partial charge in [0.15, 0.2) is 0 Å². The minimum atomic E-state index is -0.656. The molecular weight excluding hydrogens is 356 g/mol. The van der Waals surface area contributed by atoms with Gasteiger partial charge in [0.25, 0.3) is 0 Å². The molecule has 0 fully saturated rings. The van der Waals surface area contributed by atoms with Crippen LogP contribution < -0.4 is 0 Å². The molecule has 2 nitrogen and oxygen atoms in total. The number of hydrogen-bond donors (Lipinski definition) is 1. The number of unbranched alkanes of at least 4 members (excludes halogenated alkanes) is 14. The summed E-state index contributed by atoms with van der Waals surface area (Å²) < 4.78 is 0. The molecule has 0 bridgehead atoms. The van der Waals surface area contributed by atoms with Gasteiger partial charge in [-0.3, -0.25) is 4.79 Å². The molecule has 1 N–H and O–H groups in total. The fourth-order valence-corrected chi connectivity index (χ4v) is 3.49. The summed E-state index contributed by atoms with van der Waals surface area (Å²) in [7, 11) is 0. The third kappa shape index (κ3) is 26.7. The van der Waals surface area contributed by atoms with Gasteiger partial charge < -0.3 is 5.11 Å². The number of carboxylic acids is 1. The Labute approximate surface area is 181 Å². The van der Waals surface area contributed by atoms with E-state index in [2.05, 4.69) is 43.4 Å². The van der Waals surface area contributed by atoms with Crippen molar-refractivity contribution < 1.29 is 9.90 Å². The van der Waals surface area contributed by atoms with Crippen molar-refractivity contribution >= 4 is 5.97 Å². The van der Waals surface area contributed by atoms with Gasteiger partial charge in [-0.1, -0.05) is 120 Å². The minimum absolute atomic E-state index is 0.339. The second-order valence-corrected chi connectivity index (χ2v) is 8.18. The molecule has 0 amide bonds. The van der Waals surface area contributed by atoms with Crippen LogP contribution in [0.3, 0.4) is 0 Å². The largest absolute Gasteiger partial charge is 0.481 e. The normalized spacial score (nSPS) is 12.0. The van der Waals surface area contributed by atoms with Crippen molar-refractivity contribution in [2.24, 2.45) is 0 Å². The molecule has 0 aromatic rings. The van der Waals surface area contributed by atoms with Crippen LogP contribution in [0.1, 0.15) is 129 Å². The van der Waals surface area contributed by atoms with Crippen LogP contribution in [0.4, 0.5) is 0 Å². The fraction of sp³-hybridized carbons (Fsp3) is 0.741. The molecule has 0 saturated carbocycles. The number of hydrogen-bond acceptors (Lipinski definition) is 1. The van der Waals surface area contributed by atoms with Gasteiger partial charge in [0, 0.05) is 6.42 Å². The zero-order valence-electron chi connectivity index (χ0n) is 19.3. The lowest BCUT2D eigenvalue weighted by Gasteiger charge is -2.03. The molecule has 0 aliphatic rings. The van der Waals surface area contributed by atoms with Crippen LogP contribution in [0.15, 0.2) is 36.5 Å². The lowest BCUT2D eigenvalue weighted by atomic mass is 10.0. The van der Waals surface area contributed by atoms with E-state index in [4.69, 9.17) is 5.11 Å². The standard InChI is InChI=1S/C27H48O2/c1-2-3-4-5-6-7-8-9-10-11-12-13-14-15-16-17-18-19-20-21-22-23-24-25-26-27(28)29/h3-4,6-7,9-10H,2,5,8,11-26H2,1H3,(H,28,29). The smallest absolute Gasteiger partial charge is 0.303 e. The maximum atomic E-state index is 10.4. The molecule has 0 aliphatic carbocycles. The highest BCUT2D eigenvalue weighted by Crippen LogP contribution is 2.13. The summed E-state index contributed by atoms with van der Waals surface area (Å²) in [5.41, 5.74) is 0. The van der Waals surface area contributed by atoms with Crippen molar-refractivity contribution in [3.8, 4) is 0 Å². The van der Waals surface area contributed by atoms with Crippen LogP contribution in [0.5, 0.6) is 0 Å². The van der Waals surface area contributed by atoms with E-state index in [1.165, 1.54) is 83.5 Å². The summed E-state index contributed by atoms with van der Waals surface area (Å²) >= 11 is 0. The Bertz CT molecular complexity index is 420. The van der Waals surface area contributed by atoms with Gasteiger partial charge in [0.05, 0.1) is 0 Å². The van der Waals surface area contributed by atoms with Crippen molar-refractivity contribution in [1.82, 2.24) is 0 Å². The van der Waals surface area contributed by atoms with E-state index in [0.29, 0.717) is 6.42 Å². The predicted octanol–water partition coefficient (Wildman–Crippen LogP) is 9.17. The first-order chi connectivity index (χ1) is 14.3. The Morgan fingerprint density at radius 1 is 0.552 bits per heavy atom. The second-order valence-electron chi connectivity index (χ2n) is 8.18. The van der Waals surface area contributed by atoms with Gasteiger partial charge in [-0.25, -0.2) is 0 Å². The third-order valence-electron chi connectivity index (χ3n) is 5.29. The maximum absolute atomic E-state index is 10.4. The number of aliphatic carboxylic acids is 1. The average molecular weight is 405 g/mol. The first-order valence-corrected chi connectivity index (χ1v) is 12.4. The van der Waals surface area contributed by atoms with Gasteiger partial charge in [-0.2, -0.15) is 0 Å². The molecule has 0 aliphatic heterocycles. The maximum Gasteiger partial charge on any atom is 0.303 e. The van der Waals surface area contributed by atoms with Crippen molar-refractivity contribution in [1.29, 1.82) is 0 Å². The molecule has 0 rings (SSSR count). The van der Waals surface area contributed by atoms with Crippen LogP contribution in [-0.4, -0.2) is 11.1 Å². The molecule has 0 radical (unpaired) electrons. The van der Waals surface area contributed by atoms with Crippen LogP contribution in [-0.2, 0) is 4.79 Å². The fourth-order valence-electron chi connectivity index (χ4n) is 3.49. The lowest BCUT2D eigenvalue weighted by molar-refractivity contribution is -0.137. The SMILES string of the molecule is CCC=CCC=CCC=CCCCCCCCCCCCCCCCCC(=O)O. The summed E-state index contributed by atoms with van der Waals surface area (Å²) in [6.07, 6.45) is 36.7. The van der Waals surface area contributed by atoms with Crippen molar-refractivity contribution in [2.45, 2.75) is 129 Å². The first-order valence-electron chi connectivity index (χ1n) is 12.4. The summed E-state index contributed by atoms with van der Waals surface area (Å²) in [5.74, 6) is -0.656. The monoisotopic (exact) mass is 404 g/mol. The highest BCUT2D eigenvalue weighted by molar-refractivity contribution is 5.66. The summed E-state index contributed by atoms with van der Waals surface area (Å²) in [5, 5.41) is 8.58. The molecule has 0 aromatic carbocycles. The topological polar surface area (TPSA) is 37.3 Å². The van der Waals surface area contributed by atoms with E-state index in [1.54, 1.807) is 0 Å². The molecule has 0 heterocycles. The Balaban J connectivity index is 3.14. The molecule has 0 aromatic heterocycles. The second kappa shape index (κ2) is 24.7. The Hall–Kier alpha value is -1.31. The van der Waals surface area contributed by atoms with E-state index >= 15 is 0 Å². The first kappa shape index (κ1) is 27.7. The zero-order chi connectivity index (χ0) is 21.3. The van der Waals surface area contributed by atoms with Gasteiger partial charge in [-0.15, -0.1) is 0 Å². The van der Waals surface area contributed by atoms with Gasteiger partial charge in [0.1, 0.15) is 0 Å².